The maximum atomic E-state index is 9.60. The zero-order chi connectivity index (χ0) is 20.2. The normalized spacial score (nSPS) is 10.8. The number of alkyl halides is 1. The lowest BCUT2D eigenvalue weighted by atomic mass is 10.1. The molecule has 0 aliphatic rings. The molecule has 0 aliphatic heterocycles. The Morgan fingerprint density at radius 2 is 2.10 bits per heavy atom. The number of nitriles is 1. The molecule has 0 fully saturated rings. The lowest BCUT2D eigenvalue weighted by Crippen LogP contribution is -2.02. The number of fused-ring (bicyclic) bond motifs is 2. The van der Waals surface area contributed by atoms with E-state index >= 15 is 0 Å². The Kier molecular flexibility index (Phi) is 5.36. The maximum absolute atomic E-state index is 9.60. The summed E-state index contributed by atoms with van der Waals surface area (Å²) < 4.78 is 11.3. The molecular formula is C21H18ClN5O2. The van der Waals surface area contributed by atoms with Gasteiger partial charge in [0.15, 0.2) is 11.5 Å². The SMILES string of the molecule is COc1cc2c(Nc3ccc4cn[nH]c4c3)c(C#N)cnc2cc1OCCCCl. The molecule has 2 aromatic heterocycles. The number of rotatable bonds is 7. The van der Waals surface area contributed by atoms with E-state index in [0.29, 0.717) is 40.8 Å². The Morgan fingerprint density at radius 1 is 1.21 bits per heavy atom. The van der Waals surface area contributed by atoms with E-state index in [-0.39, 0.29) is 0 Å². The average molecular weight is 408 g/mol. The molecule has 0 aliphatic carbocycles. The first-order chi connectivity index (χ1) is 14.2. The third-order valence-corrected chi connectivity index (χ3v) is 4.79. The summed E-state index contributed by atoms with van der Waals surface area (Å²) in [4.78, 5) is 4.42. The van der Waals surface area contributed by atoms with Crippen molar-refractivity contribution in [3.05, 3.63) is 48.3 Å². The highest BCUT2D eigenvalue weighted by Crippen LogP contribution is 2.37. The minimum absolute atomic E-state index is 0.431. The van der Waals surface area contributed by atoms with Crippen LogP contribution in [0.5, 0.6) is 11.5 Å². The van der Waals surface area contributed by atoms with Gasteiger partial charge in [-0.25, -0.2) is 0 Å². The van der Waals surface area contributed by atoms with Crippen molar-refractivity contribution in [1.29, 1.82) is 5.26 Å². The topological polar surface area (TPSA) is 95.8 Å². The quantitative estimate of drug-likeness (QED) is 0.339. The molecule has 29 heavy (non-hydrogen) atoms. The van der Waals surface area contributed by atoms with Crippen molar-refractivity contribution in [3.8, 4) is 17.6 Å². The van der Waals surface area contributed by atoms with E-state index in [1.165, 1.54) is 0 Å². The Morgan fingerprint density at radius 3 is 2.90 bits per heavy atom. The van der Waals surface area contributed by atoms with Gasteiger partial charge in [0.25, 0.3) is 0 Å². The van der Waals surface area contributed by atoms with Gasteiger partial charge in [-0.2, -0.15) is 10.4 Å². The van der Waals surface area contributed by atoms with E-state index in [0.717, 1.165) is 28.4 Å². The van der Waals surface area contributed by atoms with Crippen LogP contribution in [0.2, 0.25) is 0 Å². The zero-order valence-corrected chi connectivity index (χ0v) is 16.5. The standard InChI is InChI=1S/C21H18ClN5O2/c1-28-19-8-16-18(9-20(19)29-6-2-5-22)24-11-14(10-23)21(16)26-15-4-3-13-12-25-27-17(13)7-15/h3-4,7-9,11-12H,2,5-6H2,1H3,(H,24,26)(H,25,27). The number of anilines is 2. The monoisotopic (exact) mass is 407 g/mol. The number of H-pyrrole nitrogens is 1. The fraction of sp³-hybridized carbons (Fsp3) is 0.190. The van der Waals surface area contributed by atoms with E-state index in [1.54, 1.807) is 19.5 Å². The molecule has 0 atom stereocenters. The summed E-state index contributed by atoms with van der Waals surface area (Å²) in [6.45, 7) is 0.483. The second kappa shape index (κ2) is 8.25. The molecular weight excluding hydrogens is 390 g/mol. The highest BCUT2D eigenvalue weighted by atomic mass is 35.5. The van der Waals surface area contributed by atoms with Crippen LogP contribution in [0.25, 0.3) is 21.8 Å². The third-order valence-electron chi connectivity index (χ3n) is 4.52. The van der Waals surface area contributed by atoms with Gasteiger partial charge in [-0.05, 0) is 30.7 Å². The number of methoxy groups -OCH3 is 1. The van der Waals surface area contributed by atoms with Gasteiger partial charge in [0, 0.05) is 34.6 Å². The Balaban J connectivity index is 1.79. The van der Waals surface area contributed by atoms with Crippen LogP contribution in [0.3, 0.4) is 0 Å². The van der Waals surface area contributed by atoms with Crippen LogP contribution < -0.4 is 14.8 Å². The first-order valence-corrected chi connectivity index (χ1v) is 9.56. The first-order valence-electron chi connectivity index (χ1n) is 9.03. The summed E-state index contributed by atoms with van der Waals surface area (Å²) in [7, 11) is 1.58. The van der Waals surface area contributed by atoms with Gasteiger partial charge in [0.05, 0.1) is 42.2 Å². The number of nitrogens with zero attached hydrogens (tertiary/aromatic N) is 3. The van der Waals surface area contributed by atoms with E-state index < -0.39 is 0 Å². The van der Waals surface area contributed by atoms with Crippen LogP contribution in [-0.2, 0) is 0 Å². The predicted octanol–water partition coefficient (Wildman–Crippen LogP) is 4.74. The van der Waals surface area contributed by atoms with Gasteiger partial charge < -0.3 is 14.8 Å². The number of aromatic nitrogens is 3. The van der Waals surface area contributed by atoms with Gasteiger partial charge in [-0.3, -0.25) is 10.1 Å². The smallest absolute Gasteiger partial charge is 0.163 e. The lowest BCUT2D eigenvalue weighted by molar-refractivity contribution is 0.295. The zero-order valence-electron chi connectivity index (χ0n) is 15.7. The largest absolute Gasteiger partial charge is 0.493 e. The van der Waals surface area contributed by atoms with Crippen molar-refractivity contribution in [3.63, 3.8) is 0 Å². The van der Waals surface area contributed by atoms with Gasteiger partial charge in [-0.1, -0.05) is 0 Å². The molecule has 0 bridgehead atoms. The van der Waals surface area contributed by atoms with Crippen LogP contribution in [0, 0.1) is 11.3 Å². The van der Waals surface area contributed by atoms with E-state index in [1.807, 2.05) is 30.3 Å². The number of pyridine rings is 1. The minimum atomic E-state index is 0.431. The molecule has 0 radical (unpaired) electrons. The van der Waals surface area contributed by atoms with E-state index in [2.05, 4.69) is 26.6 Å². The molecule has 0 spiro atoms. The molecule has 0 saturated heterocycles. The average Bonchev–Trinajstić information content (AvgIpc) is 3.21. The highest BCUT2D eigenvalue weighted by molar-refractivity contribution is 6.17. The summed E-state index contributed by atoms with van der Waals surface area (Å²) >= 11 is 5.73. The molecule has 0 unspecified atom stereocenters. The van der Waals surface area contributed by atoms with Crippen molar-refractivity contribution < 1.29 is 9.47 Å². The molecule has 0 saturated carbocycles. The Bertz CT molecular complexity index is 1220. The summed E-state index contributed by atoms with van der Waals surface area (Å²) in [6, 6.07) is 11.7. The number of benzene rings is 2. The molecule has 0 amide bonds. The molecule has 2 N–H and O–H groups in total. The summed E-state index contributed by atoms with van der Waals surface area (Å²) in [5.74, 6) is 1.68. The van der Waals surface area contributed by atoms with Gasteiger partial charge in [-0.15, -0.1) is 11.6 Å². The second-order valence-electron chi connectivity index (χ2n) is 6.37. The second-order valence-corrected chi connectivity index (χ2v) is 6.74. The highest BCUT2D eigenvalue weighted by Gasteiger charge is 2.15. The van der Waals surface area contributed by atoms with Crippen LogP contribution in [0.4, 0.5) is 11.4 Å². The minimum Gasteiger partial charge on any atom is -0.493 e. The van der Waals surface area contributed by atoms with Crippen LogP contribution in [0.1, 0.15) is 12.0 Å². The van der Waals surface area contributed by atoms with Crippen molar-refractivity contribution >= 4 is 44.8 Å². The number of hydrogen-bond donors (Lipinski definition) is 2. The molecule has 2 aromatic carbocycles. The summed E-state index contributed by atoms with van der Waals surface area (Å²) in [6.07, 6.45) is 4.04. The molecule has 7 nitrogen and oxygen atoms in total. The number of aromatic amines is 1. The van der Waals surface area contributed by atoms with E-state index in [9.17, 15) is 5.26 Å². The van der Waals surface area contributed by atoms with Crippen molar-refractivity contribution in [2.75, 3.05) is 24.9 Å². The lowest BCUT2D eigenvalue weighted by Gasteiger charge is -2.15. The molecule has 146 valence electrons. The molecule has 2 heterocycles. The predicted molar refractivity (Wildman–Crippen MR) is 113 cm³/mol. The van der Waals surface area contributed by atoms with Crippen LogP contribution in [0.15, 0.2) is 42.7 Å². The Hall–Kier alpha value is -3.50. The van der Waals surface area contributed by atoms with Gasteiger partial charge in [0.2, 0.25) is 0 Å². The number of halogens is 1. The fourth-order valence-corrected chi connectivity index (χ4v) is 3.20. The third kappa shape index (κ3) is 3.75. The summed E-state index contributed by atoms with van der Waals surface area (Å²) in [5, 5.41) is 21.7. The maximum Gasteiger partial charge on any atom is 0.163 e. The van der Waals surface area contributed by atoms with E-state index in [4.69, 9.17) is 21.1 Å². The molecule has 4 rings (SSSR count). The first kappa shape index (κ1) is 18.8. The van der Waals surface area contributed by atoms with Gasteiger partial charge in [0.1, 0.15) is 6.07 Å². The van der Waals surface area contributed by atoms with Crippen molar-refractivity contribution in [2.45, 2.75) is 6.42 Å². The summed E-state index contributed by atoms with van der Waals surface area (Å²) in [5.41, 5.74) is 3.50. The molecule has 4 aromatic rings. The van der Waals surface area contributed by atoms with Crippen molar-refractivity contribution in [2.24, 2.45) is 0 Å². The fourth-order valence-electron chi connectivity index (χ4n) is 3.09. The van der Waals surface area contributed by atoms with Gasteiger partial charge >= 0.3 is 0 Å². The van der Waals surface area contributed by atoms with Crippen molar-refractivity contribution in [1.82, 2.24) is 15.2 Å². The Labute approximate surface area is 172 Å². The number of nitrogens with one attached hydrogen (secondary N) is 2. The number of hydrogen-bond acceptors (Lipinski definition) is 6. The molecule has 8 heteroatoms. The van der Waals surface area contributed by atoms with Crippen LogP contribution >= 0.6 is 11.6 Å². The number of ether oxygens (including phenoxy) is 2. The van der Waals surface area contributed by atoms with Crippen LogP contribution in [-0.4, -0.2) is 34.8 Å².